The largest absolute Gasteiger partial charge is 0.488 e. The first-order valence-corrected chi connectivity index (χ1v) is 9.14. The Hall–Kier alpha value is -2.60. The van der Waals surface area contributed by atoms with Gasteiger partial charge in [0.1, 0.15) is 16.5 Å². The summed E-state index contributed by atoms with van der Waals surface area (Å²) in [5.41, 5.74) is 8.42. The normalized spacial score (nSPS) is 11.1. The third-order valence-electron chi connectivity index (χ3n) is 4.24. The summed E-state index contributed by atoms with van der Waals surface area (Å²) in [4.78, 5) is 7.87. The van der Waals surface area contributed by atoms with Crippen molar-refractivity contribution in [1.82, 2.24) is 9.97 Å². The van der Waals surface area contributed by atoms with E-state index in [0.717, 1.165) is 35.1 Å². The smallest absolute Gasteiger partial charge is 0.219 e. The molecule has 0 aliphatic carbocycles. The van der Waals surface area contributed by atoms with Crippen LogP contribution in [0.5, 0.6) is 17.4 Å². The van der Waals surface area contributed by atoms with E-state index in [4.69, 9.17) is 27.4 Å². The molecule has 136 valence electrons. The van der Waals surface area contributed by atoms with Crippen molar-refractivity contribution < 1.29 is 9.47 Å². The van der Waals surface area contributed by atoms with Crippen molar-refractivity contribution in [1.29, 1.82) is 0 Å². The van der Waals surface area contributed by atoms with Crippen LogP contribution in [0.2, 0.25) is 0 Å². The molecule has 0 saturated heterocycles. The van der Waals surface area contributed by atoms with Gasteiger partial charge in [-0.05, 0) is 37.5 Å². The number of pyridine rings is 1. The zero-order valence-corrected chi connectivity index (χ0v) is 16.0. The average Bonchev–Trinajstić information content (AvgIpc) is 3.06. The van der Waals surface area contributed by atoms with Gasteiger partial charge in [-0.15, -0.1) is 0 Å². The quantitative estimate of drug-likeness (QED) is 0.582. The number of thiocarbonyl (C=S) groups is 1. The summed E-state index contributed by atoms with van der Waals surface area (Å²) in [5, 5.41) is 0.929. The molecule has 0 unspecified atom stereocenters. The minimum Gasteiger partial charge on any atom is -0.488 e. The summed E-state index contributed by atoms with van der Waals surface area (Å²) < 4.78 is 12.1. The molecule has 0 aliphatic rings. The van der Waals surface area contributed by atoms with E-state index in [0.29, 0.717) is 22.3 Å². The molecular weight excluding hydrogens is 346 g/mol. The van der Waals surface area contributed by atoms with E-state index < -0.39 is 0 Å². The first kappa shape index (κ1) is 18.2. The zero-order valence-electron chi connectivity index (χ0n) is 15.2. The Kier molecular flexibility index (Phi) is 5.42. The number of aromatic amines is 1. The van der Waals surface area contributed by atoms with Crippen molar-refractivity contribution in [3.63, 3.8) is 0 Å². The molecule has 1 aromatic carbocycles. The fourth-order valence-corrected chi connectivity index (χ4v) is 2.85. The van der Waals surface area contributed by atoms with Crippen LogP contribution < -0.4 is 15.2 Å². The Morgan fingerprint density at radius 3 is 2.62 bits per heavy atom. The highest BCUT2D eigenvalue weighted by Crippen LogP contribution is 2.34. The number of aromatic nitrogens is 2. The third-order valence-corrected chi connectivity index (χ3v) is 4.46. The number of hydrogen-bond donors (Lipinski definition) is 2. The summed E-state index contributed by atoms with van der Waals surface area (Å²) in [6.07, 6.45) is 3.75. The van der Waals surface area contributed by atoms with Crippen LogP contribution in [0.3, 0.4) is 0 Å². The predicted molar refractivity (Wildman–Crippen MR) is 108 cm³/mol. The van der Waals surface area contributed by atoms with Gasteiger partial charge in [0.2, 0.25) is 5.88 Å². The standard InChI is InChI=1S/C20H23N3O2S/c1-4-14(5-2)24-17-10-15(25-18-7-6-12(3)11-22-18)8-13-9-16(20(21)26)23-19(13)17/h6-11,14,23H,4-5H2,1-3H3,(H2,21,26). The minimum absolute atomic E-state index is 0.127. The topological polar surface area (TPSA) is 73.2 Å². The lowest BCUT2D eigenvalue weighted by Crippen LogP contribution is -2.14. The van der Waals surface area contributed by atoms with Crippen molar-refractivity contribution in [2.75, 3.05) is 0 Å². The van der Waals surface area contributed by atoms with E-state index in [2.05, 4.69) is 23.8 Å². The average molecular weight is 369 g/mol. The maximum Gasteiger partial charge on any atom is 0.219 e. The number of nitrogens with zero attached hydrogens (tertiary/aromatic N) is 1. The number of aryl methyl sites for hydroxylation is 1. The molecular formula is C20H23N3O2S. The highest BCUT2D eigenvalue weighted by molar-refractivity contribution is 7.80. The first-order chi connectivity index (χ1) is 12.5. The minimum atomic E-state index is 0.127. The number of benzene rings is 1. The lowest BCUT2D eigenvalue weighted by molar-refractivity contribution is 0.194. The Bertz CT molecular complexity index is 915. The molecule has 0 aliphatic heterocycles. The second-order valence-electron chi connectivity index (χ2n) is 6.27. The van der Waals surface area contributed by atoms with E-state index in [9.17, 15) is 0 Å². The number of ether oxygens (including phenoxy) is 2. The molecule has 3 N–H and O–H groups in total. The Balaban J connectivity index is 2.02. The fourth-order valence-electron chi connectivity index (χ4n) is 2.74. The predicted octanol–water partition coefficient (Wildman–Crippen LogP) is 4.87. The molecule has 3 rings (SSSR count). The van der Waals surface area contributed by atoms with E-state index in [1.54, 1.807) is 6.20 Å². The molecule has 2 heterocycles. The van der Waals surface area contributed by atoms with Crippen molar-refractivity contribution in [2.24, 2.45) is 5.73 Å². The molecule has 0 bridgehead atoms. The van der Waals surface area contributed by atoms with E-state index >= 15 is 0 Å². The zero-order chi connectivity index (χ0) is 18.7. The summed E-state index contributed by atoms with van der Waals surface area (Å²) in [6, 6.07) is 9.52. The number of nitrogens with two attached hydrogens (primary N) is 1. The van der Waals surface area contributed by atoms with E-state index in [1.165, 1.54) is 0 Å². The molecule has 3 aromatic rings. The summed E-state index contributed by atoms with van der Waals surface area (Å²) in [6.45, 7) is 6.20. The van der Waals surface area contributed by atoms with Crippen LogP contribution in [0.1, 0.15) is 37.9 Å². The molecule has 0 atom stereocenters. The van der Waals surface area contributed by atoms with Crippen LogP contribution in [0.25, 0.3) is 10.9 Å². The number of nitrogens with one attached hydrogen (secondary N) is 1. The molecule has 5 nitrogen and oxygen atoms in total. The molecule has 0 amide bonds. The van der Waals surface area contributed by atoms with E-state index in [1.807, 2.05) is 37.3 Å². The van der Waals surface area contributed by atoms with Gasteiger partial charge in [0.05, 0.1) is 17.3 Å². The maximum absolute atomic E-state index is 6.20. The fraction of sp³-hybridized carbons (Fsp3) is 0.300. The van der Waals surface area contributed by atoms with Gasteiger partial charge in [-0.1, -0.05) is 32.1 Å². The van der Waals surface area contributed by atoms with Crippen molar-refractivity contribution >= 4 is 28.1 Å². The molecule has 0 fully saturated rings. The second kappa shape index (κ2) is 7.74. The van der Waals surface area contributed by atoms with Gasteiger partial charge in [0.15, 0.2) is 0 Å². The van der Waals surface area contributed by atoms with Crippen LogP contribution in [0.4, 0.5) is 0 Å². The third kappa shape index (κ3) is 3.96. The van der Waals surface area contributed by atoms with Crippen LogP contribution >= 0.6 is 12.2 Å². The van der Waals surface area contributed by atoms with Crippen LogP contribution in [0.15, 0.2) is 36.5 Å². The van der Waals surface area contributed by atoms with Gasteiger partial charge < -0.3 is 20.2 Å². The monoisotopic (exact) mass is 369 g/mol. The van der Waals surface area contributed by atoms with Crippen molar-refractivity contribution in [2.45, 2.75) is 39.7 Å². The van der Waals surface area contributed by atoms with Gasteiger partial charge >= 0.3 is 0 Å². The van der Waals surface area contributed by atoms with Gasteiger partial charge in [0, 0.05) is 23.7 Å². The highest BCUT2D eigenvalue weighted by atomic mass is 32.1. The van der Waals surface area contributed by atoms with Gasteiger partial charge in [-0.25, -0.2) is 4.98 Å². The summed E-state index contributed by atoms with van der Waals surface area (Å²) in [5.74, 6) is 1.91. The van der Waals surface area contributed by atoms with Crippen LogP contribution in [-0.4, -0.2) is 21.1 Å². The summed E-state index contributed by atoms with van der Waals surface area (Å²) in [7, 11) is 0. The molecule has 2 aromatic heterocycles. The highest BCUT2D eigenvalue weighted by Gasteiger charge is 2.15. The second-order valence-corrected chi connectivity index (χ2v) is 6.70. The maximum atomic E-state index is 6.20. The Morgan fingerprint density at radius 1 is 1.23 bits per heavy atom. The number of hydrogen-bond acceptors (Lipinski definition) is 4. The Morgan fingerprint density at radius 2 is 2.00 bits per heavy atom. The first-order valence-electron chi connectivity index (χ1n) is 8.73. The summed E-state index contributed by atoms with van der Waals surface area (Å²) >= 11 is 5.09. The van der Waals surface area contributed by atoms with Crippen LogP contribution in [-0.2, 0) is 0 Å². The molecule has 0 saturated carbocycles. The van der Waals surface area contributed by atoms with Gasteiger partial charge in [-0.2, -0.15) is 0 Å². The number of H-pyrrole nitrogens is 1. The van der Waals surface area contributed by atoms with Gasteiger partial charge in [-0.3, -0.25) is 0 Å². The lowest BCUT2D eigenvalue weighted by atomic mass is 10.2. The van der Waals surface area contributed by atoms with Crippen molar-refractivity contribution in [3.05, 3.63) is 47.8 Å². The molecule has 0 radical (unpaired) electrons. The van der Waals surface area contributed by atoms with Crippen molar-refractivity contribution in [3.8, 4) is 17.4 Å². The van der Waals surface area contributed by atoms with Crippen LogP contribution in [0, 0.1) is 6.92 Å². The van der Waals surface area contributed by atoms with E-state index in [-0.39, 0.29) is 6.10 Å². The number of fused-ring (bicyclic) bond motifs is 1. The molecule has 6 heteroatoms. The molecule has 0 spiro atoms. The SMILES string of the molecule is CCC(CC)Oc1cc(Oc2ccc(C)cn2)cc2cc(C(N)=S)[nH]c12. The number of rotatable bonds is 7. The molecule has 26 heavy (non-hydrogen) atoms. The van der Waals surface area contributed by atoms with Gasteiger partial charge in [0.25, 0.3) is 0 Å². The Labute approximate surface area is 158 Å². The lowest BCUT2D eigenvalue weighted by Gasteiger charge is -2.17.